The van der Waals surface area contributed by atoms with Crippen molar-refractivity contribution in [3.63, 3.8) is 0 Å². The molecule has 0 amide bonds. The number of ether oxygens (including phenoxy) is 1. The zero-order valence-electron chi connectivity index (χ0n) is 7.19. The Kier molecular flexibility index (Phi) is 3.84. The van der Waals surface area contributed by atoms with Crippen molar-refractivity contribution in [1.82, 2.24) is 0 Å². The lowest BCUT2D eigenvalue weighted by Gasteiger charge is -2.11. The van der Waals surface area contributed by atoms with E-state index in [0.717, 1.165) is 12.2 Å². The van der Waals surface area contributed by atoms with Crippen molar-refractivity contribution in [3.05, 3.63) is 24.2 Å². The molecule has 3 heteroatoms. The third-order valence-electron chi connectivity index (χ3n) is 1.64. The molecule has 0 saturated heterocycles. The van der Waals surface area contributed by atoms with Crippen LogP contribution >= 0.6 is 0 Å². The molecule has 0 fully saturated rings. The highest BCUT2D eigenvalue weighted by Crippen LogP contribution is 2.20. The Balaban J connectivity index is 2.45. The quantitative estimate of drug-likeness (QED) is 0.731. The first-order chi connectivity index (χ1) is 5.88. The zero-order valence-corrected chi connectivity index (χ0v) is 7.19. The summed E-state index contributed by atoms with van der Waals surface area (Å²) in [4.78, 5) is 0. The first kappa shape index (κ1) is 9.29. The van der Waals surface area contributed by atoms with Gasteiger partial charge in [-0.05, 0) is 18.6 Å². The minimum atomic E-state index is -0.0212. The largest absolute Gasteiger partial charge is 0.467 e. The van der Waals surface area contributed by atoms with Crippen LogP contribution in [0, 0.1) is 0 Å². The summed E-state index contributed by atoms with van der Waals surface area (Å²) in [6.07, 6.45) is 2.46. The molecule has 1 N–H and O–H groups in total. The fourth-order valence-electron chi connectivity index (χ4n) is 1.07. The molecular weight excluding hydrogens is 156 g/mol. The van der Waals surface area contributed by atoms with Crippen LogP contribution in [0.15, 0.2) is 22.8 Å². The molecule has 0 spiro atoms. The van der Waals surface area contributed by atoms with Gasteiger partial charge in [0.05, 0.1) is 19.5 Å². The van der Waals surface area contributed by atoms with Crippen LogP contribution < -0.4 is 0 Å². The molecule has 0 aromatic carbocycles. The highest BCUT2D eigenvalue weighted by molar-refractivity contribution is 5.01. The minimum absolute atomic E-state index is 0.0212. The smallest absolute Gasteiger partial charge is 0.132 e. The van der Waals surface area contributed by atoms with E-state index >= 15 is 0 Å². The van der Waals surface area contributed by atoms with Gasteiger partial charge in [-0.3, -0.25) is 0 Å². The van der Waals surface area contributed by atoms with Gasteiger partial charge in [0.15, 0.2) is 0 Å². The summed E-state index contributed by atoms with van der Waals surface area (Å²) >= 11 is 0. The number of aliphatic hydroxyl groups excluding tert-OH is 1. The average Bonchev–Trinajstić information content (AvgIpc) is 2.59. The van der Waals surface area contributed by atoms with Gasteiger partial charge in [-0.1, -0.05) is 6.92 Å². The maximum absolute atomic E-state index is 8.55. The lowest BCUT2D eigenvalue weighted by molar-refractivity contribution is 0.0138. The van der Waals surface area contributed by atoms with Gasteiger partial charge in [-0.15, -0.1) is 0 Å². The molecule has 0 aliphatic rings. The number of hydrogen-bond donors (Lipinski definition) is 1. The Hall–Kier alpha value is -0.800. The minimum Gasteiger partial charge on any atom is -0.467 e. The van der Waals surface area contributed by atoms with Gasteiger partial charge in [0.1, 0.15) is 11.9 Å². The average molecular weight is 170 g/mol. The standard InChI is InChI=1S/C9H14O3/c1-2-8(12-7-5-10)9-4-3-6-11-9/h3-4,6,8,10H,2,5,7H2,1H3. The van der Waals surface area contributed by atoms with E-state index in [0.29, 0.717) is 6.61 Å². The van der Waals surface area contributed by atoms with E-state index in [1.54, 1.807) is 6.26 Å². The van der Waals surface area contributed by atoms with E-state index in [9.17, 15) is 0 Å². The Morgan fingerprint density at radius 1 is 1.67 bits per heavy atom. The predicted molar refractivity (Wildman–Crippen MR) is 44.8 cm³/mol. The van der Waals surface area contributed by atoms with Gasteiger partial charge in [-0.2, -0.15) is 0 Å². The maximum atomic E-state index is 8.55. The normalized spacial score (nSPS) is 13.2. The molecule has 1 unspecified atom stereocenters. The maximum Gasteiger partial charge on any atom is 0.132 e. The van der Waals surface area contributed by atoms with E-state index in [1.165, 1.54) is 0 Å². The number of rotatable bonds is 5. The van der Waals surface area contributed by atoms with Crippen molar-refractivity contribution in [2.24, 2.45) is 0 Å². The summed E-state index contributed by atoms with van der Waals surface area (Å²) in [6, 6.07) is 3.71. The summed E-state index contributed by atoms with van der Waals surface area (Å²) < 4.78 is 10.5. The van der Waals surface area contributed by atoms with Gasteiger partial charge < -0.3 is 14.3 Å². The van der Waals surface area contributed by atoms with Crippen molar-refractivity contribution >= 4 is 0 Å². The molecule has 0 bridgehead atoms. The van der Waals surface area contributed by atoms with Gasteiger partial charge in [0, 0.05) is 0 Å². The lowest BCUT2D eigenvalue weighted by Crippen LogP contribution is -2.05. The second-order valence-electron chi connectivity index (χ2n) is 2.51. The van der Waals surface area contributed by atoms with Crippen LogP contribution in [0.2, 0.25) is 0 Å². The van der Waals surface area contributed by atoms with Crippen LogP contribution in [0.25, 0.3) is 0 Å². The molecule has 0 radical (unpaired) electrons. The molecule has 1 aromatic rings. The monoisotopic (exact) mass is 170 g/mol. The molecule has 0 saturated carbocycles. The highest BCUT2D eigenvalue weighted by Gasteiger charge is 2.11. The van der Waals surface area contributed by atoms with Crippen LogP contribution in [0.1, 0.15) is 25.2 Å². The Morgan fingerprint density at radius 2 is 2.50 bits per heavy atom. The van der Waals surface area contributed by atoms with Crippen molar-refractivity contribution < 1.29 is 14.3 Å². The number of aliphatic hydroxyl groups is 1. The predicted octanol–water partition coefficient (Wildman–Crippen LogP) is 1.74. The van der Waals surface area contributed by atoms with Crippen molar-refractivity contribution in [3.8, 4) is 0 Å². The van der Waals surface area contributed by atoms with Gasteiger partial charge in [-0.25, -0.2) is 0 Å². The molecule has 0 aliphatic heterocycles. The molecule has 68 valence electrons. The van der Waals surface area contributed by atoms with Crippen LogP contribution in [-0.2, 0) is 4.74 Å². The summed E-state index contributed by atoms with van der Waals surface area (Å²) in [7, 11) is 0. The molecule has 0 aliphatic carbocycles. The summed E-state index contributed by atoms with van der Waals surface area (Å²) in [5, 5.41) is 8.55. The van der Waals surface area contributed by atoms with Gasteiger partial charge in [0.2, 0.25) is 0 Å². The third kappa shape index (κ3) is 2.36. The van der Waals surface area contributed by atoms with Gasteiger partial charge >= 0.3 is 0 Å². The van der Waals surface area contributed by atoms with E-state index in [2.05, 4.69) is 0 Å². The molecule has 3 nitrogen and oxygen atoms in total. The van der Waals surface area contributed by atoms with Crippen LogP contribution in [-0.4, -0.2) is 18.3 Å². The molecule has 1 aromatic heterocycles. The SMILES string of the molecule is CCC(OCCO)c1ccco1. The second kappa shape index (κ2) is 4.95. The van der Waals surface area contributed by atoms with E-state index in [-0.39, 0.29) is 12.7 Å². The molecule has 1 heterocycles. The second-order valence-corrected chi connectivity index (χ2v) is 2.51. The van der Waals surface area contributed by atoms with Crippen molar-refractivity contribution in [2.75, 3.05) is 13.2 Å². The van der Waals surface area contributed by atoms with E-state index < -0.39 is 0 Å². The highest BCUT2D eigenvalue weighted by atomic mass is 16.5. The van der Waals surface area contributed by atoms with Crippen LogP contribution in [0.4, 0.5) is 0 Å². The Bertz CT molecular complexity index is 194. The van der Waals surface area contributed by atoms with Crippen LogP contribution in [0.3, 0.4) is 0 Å². The van der Waals surface area contributed by atoms with E-state index in [1.807, 2.05) is 19.1 Å². The molecule has 1 rings (SSSR count). The topological polar surface area (TPSA) is 42.6 Å². The first-order valence-corrected chi connectivity index (χ1v) is 4.14. The Labute approximate surface area is 72.0 Å². The van der Waals surface area contributed by atoms with E-state index in [4.69, 9.17) is 14.3 Å². The fraction of sp³-hybridized carbons (Fsp3) is 0.556. The lowest BCUT2D eigenvalue weighted by atomic mass is 10.2. The number of furan rings is 1. The first-order valence-electron chi connectivity index (χ1n) is 4.14. The molecule has 12 heavy (non-hydrogen) atoms. The third-order valence-corrected chi connectivity index (χ3v) is 1.64. The summed E-state index contributed by atoms with van der Waals surface area (Å²) in [5.74, 6) is 0.825. The Morgan fingerprint density at radius 3 is 3.00 bits per heavy atom. The summed E-state index contributed by atoms with van der Waals surface area (Å²) in [5.41, 5.74) is 0. The number of hydrogen-bond acceptors (Lipinski definition) is 3. The molecule has 1 atom stereocenters. The van der Waals surface area contributed by atoms with Crippen LogP contribution in [0.5, 0.6) is 0 Å². The summed E-state index contributed by atoms with van der Waals surface area (Å²) in [6.45, 7) is 2.43. The van der Waals surface area contributed by atoms with Crippen molar-refractivity contribution in [1.29, 1.82) is 0 Å². The van der Waals surface area contributed by atoms with Gasteiger partial charge in [0.25, 0.3) is 0 Å². The van der Waals surface area contributed by atoms with Crippen molar-refractivity contribution in [2.45, 2.75) is 19.4 Å². The zero-order chi connectivity index (χ0) is 8.81. The fourth-order valence-corrected chi connectivity index (χ4v) is 1.07. The molecular formula is C9H14O3.